The van der Waals surface area contributed by atoms with Crippen LogP contribution in [0.3, 0.4) is 0 Å². The second-order valence-electron chi connectivity index (χ2n) is 9.71. The molecule has 1 saturated heterocycles. The van der Waals surface area contributed by atoms with Gasteiger partial charge in [-0.1, -0.05) is 19.1 Å². The maximum atomic E-state index is 10.7. The highest BCUT2D eigenvalue weighted by molar-refractivity contribution is 5.87. The largest absolute Gasteiger partial charge is 0.490 e. The number of ether oxygens (including phenoxy) is 3. The van der Waals surface area contributed by atoms with Gasteiger partial charge < -0.3 is 33.1 Å². The molecule has 0 radical (unpaired) electrons. The highest BCUT2D eigenvalue weighted by atomic mass is 35.5. The van der Waals surface area contributed by atoms with Gasteiger partial charge in [0.15, 0.2) is 17.3 Å². The van der Waals surface area contributed by atoms with Crippen LogP contribution >= 0.6 is 12.4 Å². The van der Waals surface area contributed by atoms with E-state index in [1.54, 1.807) is 6.20 Å². The number of benzene rings is 2. The first-order chi connectivity index (χ1) is 18.2. The summed E-state index contributed by atoms with van der Waals surface area (Å²) >= 11 is 0. The van der Waals surface area contributed by atoms with Crippen molar-refractivity contribution in [2.45, 2.75) is 38.2 Å². The first-order valence-corrected chi connectivity index (χ1v) is 13.1. The minimum Gasteiger partial charge on any atom is -0.490 e. The fourth-order valence-corrected chi connectivity index (χ4v) is 5.15. The quantitative estimate of drug-likeness (QED) is 0.315. The molecule has 4 aromatic rings. The number of aliphatic hydroxyl groups excluding tert-OH is 1. The minimum absolute atomic E-state index is 0. The van der Waals surface area contributed by atoms with Gasteiger partial charge in [0.2, 0.25) is 0 Å². The number of piperidine rings is 1. The zero-order valence-electron chi connectivity index (χ0n) is 21.4. The van der Waals surface area contributed by atoms with Crippen molar-refractivity contribution in [1.29, 1.82) is 0 Å². The number of halogens is 1. The van der Waals surface area contributed by atoms with Crippen LogP contribution in [0, 0.1) is 0 Å². The fourth-order valence-electron chi connectivity index (χ4n) is 5.15. The van der Waals surface area contributed by atoms with E-state index >= 15 is 0 Å². The maximum absolute atomic E-state index is 10.7. The number of β-amino-alcohol motifs (C(OH)–C–C–N with tert-alkyl or cyclic N) is 1. The predicted molar refractivity (Wildman–Crippen MR) is 146 cm³/mol. The number of rotatable bonds is 8. The van der Waals surface area contributed by atoms with E-state index in [4.69, 9.17) is 23.0 Å². The van der Waals surface area contributed by atoms with Crippen molar-refractivity contribution in [3.8, 4) is 28.9 Å². The lowest BCUT2D eigenvalue weighted by atomic mass is 9.89. The molecule has 0 amide bonds. The second-order valence-corrected chi connectivity index (χ2v) is 9.71. The summed E-state index contributed by atoms with van der Waals surface area (Å²) in [6.07, 6.45) is 3.99. The first-order valence-electron chi connectivity index (χ1n) is 13.1. The fraction of sp³-hybridized carbons (Fsp3) is 0.414. The minimum atomic E-state index is -0.591. The van der Waals surface area contributed by atoms with E-state index in [0.29, 0.717) is 48.7 Å². The molecule has 0 aliphatic carbocycles. The van der Waals surface area contributed by atoms with Crippen LogP contribution in [-0.2, 0) is 6.42 Å². The normalized spacial score (nSPS) is 16.8. The lowest BCUT2D eigenvalue weighted by Gasteiger charge is -2.33. The number of hydrogen-bond acceptors (Lipinski definition) is 8. The van der Waals surface area contributed by atoms with Gasteiger partial charge in [-0.3, -0.25) is 0 Å². The molecule has 0 bridgehead atoms. The Balaban J connectivity index is 0.00000294. The van der Waals surface area contributed by atoms with Gasteiger partial charge in [-0.2, -0.15) is 0 Å². The van der Waals surface area contributed by atoms with E-state index in [1.165, 1.54) is 5.56 Å². The highest BCUT2D eigenvalue weighted by Gasteiger charge is 2.24. The molecular weight excluding hydrogens is 508 g/mol. The summed E-state index contributed by atoms with van der Waals surface area (Å²) in [5, 5.41) is 11.6. The smallest absolute Gasteiger partial charge is 0.263 e. The van der Waals surface area contributed by atoms with Crippen molar-refractivity contribution >= 4 is 23.4 Å². The third-order valence-electron chi connectivity index (χ3n) is 7.16. The van der Waals surface area contributed by atoms with E-state index < -0.39 is 6.10 Å². The average molecular weight is 541 g/mol. The molecule has 38 heavy (non-hydrogen) atoms. The van der Waals surface area contributed by atoms with Crippen LogP contribution in [0.4, 0.5) is 0 Å². The number of oxazole rings is 1. The average Bonchev–Trinajstić information content (AvgIpc) is 3.59. The predicted octanol–water partition coefficient (Wildman–Crippen LogP) is 5.46. The molecule has 0 spiro atoms. The molecule has 2 aromatic carbocycles. The highest BCUT2D eigenvalue weighted by Crippen LogP contribution is 2.37. The topological polar surface area (TPSA) is 90.3 Å². The van der Waals surface area contributed by atoms with Crippen LogP contribution in [0.25, 0.3) is 22.6 Å². The Morgan fingerprint density at radius 2 is 1.87 bits per heavy atom. The number of likely N-dealkylation sites (tertiary alicyclic amines) is 1. The van der Waals surface area contributed by atoms with Crippen molar-refractivity contribution in [2.75, 3.05) is 39.5 Å². The second kappa shape index (κ2) is 11.7. The maximum Gasteiger partial charge on any atom is 0.263 e. The summed E-state index contributed by atoms with van der Waals surface area (Å²) in [7, 11) is 0. The van der Waals surface area contributed by atoms with Crippen LogP contribution in [-0.4, -0.2) is 60.5 Å². The monoisotopic (exact) mass is 540 g/mol. The van der Waals surface area contributed by atoms with Crippen LogP contribution < -0.4 is 14.2 Å². The Bertz CT molecular complexity index is 1360. The molecule has 8 nitrogen and oxygen atoms in total. The molecule has 6 rings (SSSR count). The lowest BCUT2D eigenvalue weighted by molar-refractivity contribution is 0.0599. The lowest BCUT2D eigenvalue weighted by Crippen LogP contribution is -2.40. The van der Waals surface area contributed by atoms with Gasteiger partial charge in [0.1, 0.15) is 43.0 Å². The zero-order valence-corrected chi connectivity index (χ0v) is 22.2. The number of fused-ring (bicyclic) bond motifs is 2. The molecular formula is C29H33ClN2O6. The molecule has 0 unspecified atom stereocenters. The van der Waals surface area contributed by atoms with Crippen molar-refractivity contribution < 1.29 is 28.2 Å². The van der Waals surface area contributed by atoms with Gasteiger partial charge in [-0.15, -0.1) is 12.4 Å². The van der Waals surface area contributed by atoms with Gasteiger partial charge in [-0.25, -0.2) is 4.98 Å². The molecule has 2 aliphatic rings. The van der Waals surface area contributed by atoms with Crippen molar-refractivity contribution in [1.82, 2.24) is 9.88 Å². The molecule has 9 heteroatoms. The van der Waals surface area contributed by atoms with Gasteiger partial charge in [0.25, 0.3) is 5.89 Å². The summed E-state index contributed by atoms with van der Waals surface area (Å²) in [5.41, 5.74) is 2.00. The Labute approximate surface area is 227 Å². The van der Waals surface area contributed by atoms with Crippen LogP contribution in [0.2, 0.25) is 0 Å². The zero-order chi connectivity index (χ0) is 25.2. The summed E-state index contributed by atoms with van der Waals surface area (Å²) in [4.78, 5) is 6.62. The van der Waals surface area contributed by atoms with E-state index in [1.807, 2.05) is 37.3 Å². The number of furan rings is 1. The molecule has 2 aliphatic heterocycles. The SMILES string of the molecule is CCc1cnc(-c2cc3c(OC[C@@H](O)CN4CCC(c5ccc6c(c5)OCCO6)CC4)cccc3o2)o1.Cl. The van der Waals surface area contributed by atoms with Gasteiger partial charge in [0, 0.05) is 19.0 Å². The summed E-state index contributed by atoms with van der Waals surface area (Å²) in [6.45, 7) is 5.89. The Morgan fingerprint density at radius 3 is 2.66 bits per heavy atom. The standard InChI is InChI=1S/C29H32N2O6.ClH/c1-2-22-16-30-29(36-22)28-15-23-24(4-3-5-25(23)37-28)35-18-21(32)17-31-10-8-19(9-11-31)20-6-7-26-27(14-20)34-13-12-33-26;/h3-7,14-16,19,21,32H,2,8-13,17-18H2,1H3;1H/t21-;/m0./s1. The molecule has 1 atom stereocenters. The summed E-state index contributed by atoms with van der Waals surface area (Å²) < 4.78 is 29.1. The van der Waals surface area contributed by atoms with Crippen LogP contribution in [0.5, 0.6) is 17.2 Å². The van der Waals surface area contributed by atoms with E-state index in [-0.39, 0.29) is 19.0 Å². The van der Waals surface area contributed by atoms with Gasteiger partial charge in [-0.05, 0) is 61.7 Å². The molecule has 1 fully saturated rings. The molecule has 0 saturated carbocycles. The summed E-state index contributed by atoms with van der Waals surface area (Å²) in [5.74, 6) is 4.68. The Kier molecular flexibility index (Phi) is 8.12. The van der Waals surface area contributed by atoms with Gasteiger partial charge >= 0.3 is 0 Å². The number of hydrogen-bond donors (Lipinski definition) is 1. The van der Waals surface area contributed by atoms with Crippen molar-refractivity contribution in [2.24, 2.45) is 0 Å². The third-order valence-corrected chi connectivity index (χ3v) is 7.16. The van der Waals surface area contributed by atoms with E-state index in [9.17, 15) is 5.11 Å². The van der Waals surface area contributed by atoms with Gasteiger partial charge in [0.05, 0.1) is 11.6 Å². The number of aromatic nitrogens is 1. The van der Waals surface area contributed by atoms with Crippen LogP contribution in [0.1, 0.15) is 37.0 Å². The first kappa shape index (κ1) is 26.4. The van der Waals surface area contributed by atoms with Crippen LogP contribution in [0.15, 0.2) is 57.5 Å². The van der Waals surface area contributed by atoms with E-state index in [2.05, 4.69) is 22.0 Å². The Hall–Kier alpha value is -3.20. The molecule has 1 N–H and O–H groups in total. The molecule has 2 aromatic heterocycles. The number of nitrogens with zero attached hydrogens (tertiary/aromatic N) is 2. The number of aryl methyl sites for hydroxylation is 1. The molecule has 202 valence electrons. The third kappa shape index (κ3) is 5.62. The van der Waals surface area contributed by atoms with Crippen molar-refractivity contribution in [3.63, 3.8) is 0 Å². The Morgan fingerprint density at radius 1 is 1.05 bits per heavy atom. The van der Waals surface area contributed by atoms with Crippen molar-refractivity contribution in [3.05, 3.63) is 60.0 Å². The summed E-state index contributed by atoms with van der Waals surface area (Å²) in [6, 6.07) is 13.8. The number of aliphatic hydroxyl groups is 1. The molecule has 4 heterocycles. The van der Waals surface area contributed by atoms with E-state index in [0.717, 1.165) is 55.0 Å².